The molecule has 19 heavy (non-hydrogen) atoms. The van der Waals surface area contributed by atoms with Crippen LogP contribution in [0, 0.1) is 0 Å². The molecule has 0 bridgehead atoms. The van der Waals surface area contributed by atoms with Crippen LogP contribution in [0.3, 0.4) is 0 Å². The lowest BCUT2D eigenvalue weighted by molar-refractivity contribution is -0.116. The highest BCUT2D eigenvalue weighted by Gasteiger charge is 2.01. The van der Waals surface area contributed by atoms with Crippen LogP contribution in [0.15, 0.2) is 24.3 Å². The van der Waals surface area contributed by atoms with Gasteiger partial charge in [-0.1, -0.05) is 31.9 Å². The lowest BCUT2D eigenvalue weighted by atomic mass is 10.1. The summed E-state index contributed by atoms with van der Waals surface area (Å²) in [5.74, 6) is 0.0584. The van der Waals surface area contributed by atoms with Gasteiger partial charge < -0.3 is 10.6 Å². The van der Waals surface area contributed by atoms with Crippen LogP contribution in [0.4, 0.5) is 5.69 Å². The molecule has 0 fully saturated rings. The van der Waals surface area contributed by atoms with Gasteiger partial charge in [0.05, 0.1) is 0 Å². The molecule has 0 radical (unpaired) electrons. The molecule has 0 aliphatic rings. The average Bonchev–Trinajstić information content (AvgIpc) is 2.39. The fourth-order valence-corrected chi connectivity index (χ4v) is 1.80. The molecule has 4 heteroatoms. The molecular formula is C15H25ClN2O. The maximum atomic E-state index is 11.5. The monoisotopic (exact) mass is 284 g/mol. The fourth-order valence-electron chi connectivity index (χ4n) is 1.80. The number of carbonyl (C=O) groups excluding carboxylic acids is 1. The summed E-state index contributed by atoms with van der Waals surface area (Å²) < 4.78 is 0. The second kappa shape index (κ2) is 10.8. The molecule has 1 amide bonds. The Bertz CT molecular complexity index is 352. The molecule has 0 spiro atoms. The van der Waals surface area contributed by atoms with Crippen molar-refractivity contribution >= 4 is 24.0 Å². The number of hydrogen-bond donors (Lipinski definition) is 2. The SMILES string of the molecule is CCCCCc1ccc(NC(=O)CCNC)cc1.Cl. The predicted octanol–water partition coefficient (Wildman–Crippen LogP) is 3.39. The van der Waals surface area contributed by atoms with Gasteiger partial charge in [0.1, 0.15) is 0 Å². The number of halogens is 1. The molecule has 0 aliphatic carbocycles. The van der Waals surface area contributed by atoms with Gasteiger partial charge in [-0.15, -0.1) is 12.4 Å². The summed E-state index contributed by atoms with van der Waals surface area (Å²) in [5, 5.41) is 5.85. The van der Waals surface area contributed by atoms with Crippen molar-refractivity contribution in [2.45, 2.75) is 39.0 Å². The van der Waals surface area contributed by atoms with Gasteiger partial charge in [0.25, 0.3) is 0 Å². The number of unbranched alkanes of at least 4 members (excludes halogenated alkanes) is 2. The average molecular weight is 285 g/mol. The van der Waals surface area contributed by atoms with E-state index in [0.29, 0.717) is 13.0 Å². The zero-order valence-electron chi connectivity index (χ0n) is 11.9. The molecule has 3 nitrogen and oxygen atoms in total. The number of nitrogens with one attached hydrogen (secondary N) is 2. The van der Waals surface area contributed by atoms with E-state index in [4.69, 9.17) is 0 Å². The number of hydrogen-bond acceptors (Lipinski definition) is 2. The predicted molar refractivity (Wildman–Crippen MR) is 84.1 cm³/mol. The summed E-state index contributed by atoms with van der Waals surface area (Å²) in [7, 11) is 1.85. The number of carbonyl (C=O) groups is 1. The van der Waals surface area contributed by atoms with E-state index >= 15 is 0 Å². The first-order chi connectivity index (χ1) is 8.76. The molecule has 1 rings (SSSR count). The Morgan fingerprint density at radius 3 is 2.42 bits per heavy atom. The zero-order chi connectivity index (χ0) is 13.2. The molecule has 1 aromatic rings. The van der Waals surface area contributed by atoms with Crippen molar-refractivity contribution < 1.29 is 4.79 Å². The highest BCUT2D eigenvalue weighted by Crippen LogP contribution is 2.12. The van der Waals surface area contributed by atoms with Crippen LogP contribution in [-0.2, 0) is 11.2 Å². The third kappa shape index (κ3) is 7.85. The molecule has 0 atom stereocenters. The van der Waals surface area contributed by atoms with Crippen molar-refractivity contribution in [3.05, 3.63) is 29.8 Å². The quantitative estimate of drug-likeness (QED) is 0.719. The van der Waals surface area contributed by atoms with Crippen LogP contribution in [-0.4, -0.2) is 19.5 Å². The standard InChI is InChI=1S/C15H24N2O.ClH/c1-3-4-5-6-13-7-9-14(10-8-13)17-15(18)11-12-16-2;/h7-10,16H,3-6,11-12H2,1-2H3,(H,17,18);1H. The summed E-state index contributed by atoms with van der Waals surface area (Å²) in [6, 6.07) is 8.17. The van der Waals surface area contributed by atoms with Crippen LogP contribution >= 0.6 is 12.4 Å². The number of aryl methyl sites for hydroxylation is 1. The Morgan fingerprint density at radius 2 is 1.84 bits per heavy atom. The van der Waals surface area contributed by atoms with Crippen LogP contribution < -0.4 is 10.6 Å². The van der Waals surface area contributed by atoms with Crippen molar-refractivity contribution in [2.24, 2.45) is 0 Å². The molecule has 0 aliphatic heterocycles. The maximum absolute atomic E-state index is 11.5. The van der Waals surface area contributed by atoms with E-state index in [2.05, 4.69) is 29.7 Å². The number of rotatable bonds is 8. The molecule has 2 N–H and O–H groups in total. The highest BCUT2D eigenvalue weighted by atomic mass is 35.5. The van der Waals surface area contributed by atoms with Crippen LogP contribution in [0.1, 0.15) is 38.2 Å². The maximum Gasteiger partial charge on any atom is 0.225 e. The van der Waals surface area contributed by atoms with Gasteiger partial charge in [-0.2, -0.15) is 0 Å². The van der Waals surface area contributed by atoms with Crippen molar-refractivity contribution in [1.29, 1.82) is 0 Å². The Kier molecular flexibility index (Phi) is 10.2. The molecule has 0 saturated carbocycles. The van der Waals surface area contributed by atoms with Crippen molar-refractivity contribution in [3.63, 3.8) is 0 Å². The minimum atomic E-state index is 0. The van der Waals surface area contributed by atoms with Gasteiger partial charge in [-0.3, -0.25) is 4.79 Å². The number of amides is 1. The largest absolute Gasteiger partial charge is 0.326 e. The molecule has 1 aromatic carbocycles. The minimum absolute atomic E-state index is 0. The summed E-state index contributed by atoms with van der Waals surface area (Å²) in [5.41, 5.74) is 2.23. The first-order valence-corrected chi connectivity index (χ1v) is 6.79. The van der Waals surface area contributed by atoms with Gasteiger partial charge in [0.15, 0.2) is 0 Å². The van der Waals surface area contributed by atoms with E-state index in [-0.39, 0.29) is 18.3 Å². The normalized spacial score (nSPS) is 9.79. The zero-order valence-corrected chi connectivity index (χ0v) is 12.7. The van der Waals surface area contributed by atoms with E-state index in [1.165, 1.54) is 24.8 Å². The summed E-state index contributed by atoms with van der Waals surface area (Å²) in [6.45, 7) is 2.92. The van der Waals surface area contributed by atoms with Gasteiger partial charge in [-0.25, -0.2) is 0 Å². The molecular weight excluding hydrogens is 260 g/mol. The molecule has 0 unspecified atom stereocenters. The Balaban J connectivity index is 0.00000324. The van der Waals surface area contributed by atoms with Crippen molar-refractivity contribution in [3.8, 4) is 0 Å². The third-order valence-electron chi connectivity index (χ3n) is 2.91. The van der Waals surface area contributed by atoms with E-state index in [0.717, 1.165) is 12.1 Å². The third-order valence-corrected chi connectivity index (χ3v) is 2.91. The topological polar surface area (TPSA) is 41.1 Å². The molecule has 108 valence electrons. The van der Waals surface area contributed by atoms with Crippen molar-refractivity contribution in [2.75, 3.05) is 18.9 Å². The van der Waals surface area contributed by atoms with Crippen LogP contribution in [0.2, 0.25) is 0 Å². The first-order valence-electron chi connectivity index (χ1n) is 6.79. The lowest BCUT2D eigenvalue weighted by Gasteiger charge is -2.06. The van der Waals surface area contributed by atoms with Gasteiger partial charge in [0.2, 0.25) is 5.91 Å². The van der Waals surface area contributed by atoms with Gasteiger partial charge in [0, 0.05) is 18.7 Å². The van der Waals surface area contributed by atoms with E-state index in [1.54, 1.807) is 0 Å². The number of benzene rings is 1. The minimum Gasteiger partial charge on any atom is -0.326 e. The van der Waals surface area contributed by atoms with Crippen molar-refractivity contribution in [1.82, 2.24) is 5.32 Å². The first kappa shape index (κ1) is 17.9. The van der Waals surface area contributed by atoms with Gasteiger partial charge in [-0.05, 0) is 37.6 Å². The number of anilines is 1. The second-order valence-corrected chi connectivity index (χ2v) is 4.56. The van der Waals surface area contributed by atoms with E-state index in [9.17, 15) is 4.79 Å². The summed E-state index contributed by atoms with van der Waals surface area (Å²) in [6.07, 6.45) is 5.41. The highest BCUT2D eigenvalue weighted by molar-refractivity contribution is 5.90. The Morgan fingerprint density at radius 1 is 1.16 bits per heavy atom. The van der Waals surface area contributed by atoms with E-state index in [1.807, 2.05) is 19.2 Å². The fraction of sp³-hybridized carbons (Fsp3) is 0.533. The lowest BCUT2D eigenvalue weighted by Crippen LogP contribution is -2.18. The smallest absolute Gasteiger partial charge is 0.225 e. The second-order valence-electron chi connectivity index (χ2n) is 4.56. The van der Waals surface area contributed by atoms with Crippen LogP contribution in [0.25, 0.3) is 0 Å². The molecule has 0 heterocycles. The summed E-state index contributed by atoms with van der Waals surface area (Å²) >= 11 is 0. The van der Waals surface area contributed by atoms with Crippen LogP contribution in [0.5, 0.6) is 0 Å². The van der Waals surface area contributed by atoms with E-state index < -0.39 is 0 Å². The molecule has 0 aromatic heterocycles. The Labute approximate surface area is 122 Å². The summed E-state index contributed by atoms with van der Waals surface area (Å²) in [4.78, 5) is 11.5. The molecule has 0 saturated heterocycles. The Hall–Kier alpha value is -1.06. The van der Waals surface area contributed by atoms with Gasteiger partial charge >= 0.3 is 0 Å².